The second-order valence-electron chi connectivity index (χ2n) is 5.09. The van der Waals surface area contributed by atoms with Gasteiger partial charge in [-0.1, -0.05) is 13.8 Å². The fourth-order valence-electron chi connectivity index (χ4n) is 1.29. The first-order valence-electron chi connectivity index (χ1n) is 6.12. The second-order valence-corrected chi connectivity index (χ2v) is 5.09. The van der Waals surface area contributed by atoms with Crippen molar-refractivity contribution in [2.45, 2.75) is 51.6 Å². The molecule has 0 aromatic rings. The van der Waals surface area contributed by atoms with E-state index in [2.05, 4.69) is 10.6 Å². The summed E-state index contributed by atoms with van der Waals surface area (Å²) in [6.07, 6.45) is 1.40. The third-order valence-electron chi connectivity index (χ3n) is 3.27. The van der Waals surface area contributed by atoms with Gasteiger partial charge in [0.25, 0.3) is 0 Å². The number of aliphatic hydroxyl groups excluding tert-OH is 2. The lowest BCUT2D eigenvalue weighted by molar-refractivity contribution is -0.122. The maximum absolute atomic E-state index is 11.7. The largest absolute Gasteiger partial charge is 0.394 e. The smallest absolute Gasteiger partial charge is 0.234 e. The molecule has 0 saturated heterocycles. The molecule has 0 unspecified atom stereocenters. The van der Waals surface area contributed by atoms with Crippen molar-refractivity contribution in [2.24, 2.45) is 0 Å². The predicted molar refractivity (Wildman–Crippen MR) is 67.7 cm³/mol. The third kappa shape index (κ3) is 5.48. The number of aliphatic hydroxyl groups is 2. The van der Waals surface area contributed by atoms with Crippen LogP contribution >= 0.6 is 0 Å². The fraction of sp³-hybridized carbons (Fsp3) is 0.917. The number of carbonyl (C=O) groups is 1. The molecule has 0 aromatic heterocycles. The Morgan fingerprint density at radius 1 is 1.12 bits per heavy atom. The van der Waals surface area contributed by atoms with Gasteiger partial charge in [-0.05, 0) is 26.7 Å². The van der Waals surface area contributed by atoms with E-state index in [0.717, 1.165) is 6.42 Å². The van der Waals surface area contributed by atoms with Crippen molar-refractivity contribution in [1.29, 1.82) is 0 Å². The molecule has 17 heavy (non-hydrogen) atoms. The number of nitrogens with one attached hydrogen (secondary N) is 2. The topological polar surface area (TPSA) is 81.6 Å². The minimum atomic E-state index is -0.770. The summed E-state index contributed by atoms with van der Waals surface area (Å²) in [5.74, 6) is -0.128. The standard InChI is InChI=1S/C12H26N2O3/c1-5-11(3,4)14-10(17)7-13-12(6-2,8-15)9-16/h13,15-16H,5-9H2,1-4H3,(H,14,17). The van der Waals surface area contributed by atoms with E-state index >= 15 is 0 Å². The lowest BCUT2D eigenvalue weighted by Gasteiger charge is -2.31. The van der Waals surface area contributed by atoms with Gasteiger partial charge >= 0.3 is 0 Å². The molecule has 1 amide bonds. The molecule has 0 aliphatic carbocycles. The quantitative estimate of drug-likeness (QED) is 0.486. The van der Waals surface area contributed by atoms with Crippen LogP contribution in [0.3, 0.4) is 0 Å². The first-order chi connectivity index (χ1) is 7.84. The Hall–Kier alpha value is -0.650. The van der Waals surface area contributed by atoms with Crippen molar-refractivity contribution in [3.63, 3.8) is 0 Å². The van der Waals surface area contributed by atoms with E-state index in [0.29, 0.717) is 6.42 Å². The molecule has 0 atom stereocenters. The van der Waals surface area contributed by atoms with Crippen molar-refractivity contribution in [1.82, 2.24) is 10.6 Å². The van der Waals surface area contributed by atoms with Crippen LogP contribution in [0.2, 0.25) is 0 Å². The molecule has 0 saturated carbocycles. The molecule has 0 aromatic carbocycles. The number of carbonyl (C=O) groups excluding carboxylic acids is 1. The molecule has 4 N–H and O–H groups in total. The molecular formula is C12H26N2O3. The normalized spacial score (nSPS) is 12.6. The Morgan fingerprint density at radius 3 is 2.00 bits per heavy atom. The lowest BCUT2D eigenvalue weighted by atomic mass is 9.98. The number of hydrogen-bond acceptors (Lipinski definition) is 4. The zero-order chi connectivity index (χ0) is 13.5. The van der Waals surface area contributed by atoms with Gasteiger partial charge in [0.05, 0.1) is 25.3 Å². The summed E-state index contributed by atoms with van der Waals surface area (Å²) < 4.78 is 0. The number of hydrogen-bond donors (Lipinski definition) is 4. The average molecular weight is 246 g/mol. The monoisotopic (exact) mass is 246 g/mol. The van der Waals surface area contributed by atoms with Crippen LogP contribution in [0.1, 0.15) is 40.5 Å². The summed E-state index contributed by atoms with van der Waals surface area (Å²) in [6.45, 7) is 7.48. The van der Waals surface area contributed by atoms with Crippen molar-refractivity contribution in [2.75, 3.05) is 19.8 Å². The van der Waals surface area contributed by atoms with E-state index in [1.807, 2.05) is 27.7 Å². The highest BCUT2D eigenvalue weighted by Gasteiger charge is 2.27. The van der Waals surface area contributed by atoms with Gasteiger partial charge in [0.15, 0.2) is 0 Å². The molecule has 5 heteroatoms. The van der Waals surface area contributed by atoms with E-state index in [9.17, 15) is 15.0 Å². The second kappa shape index (κ2) is 6.93. The minimum Gasteiger partial charge on any atom is -0.394 e. The van der Waals surface area contributed by atoms with Gasteiger partial charge < -0.3 is 15.5 Å². The van der Waals surface area contributed by atoms with E-state index in [1.165, 1.54) is 0 Å². The van der Waals surface area contributed by atoms with Gasteiger partial charge in [0, 0.05) is 5.54 Å². The summed E-state index contributed by atoms with van der Waals surface area (Å²) in [6, 6.07) is 0. The number of rotatable bonds is 8. The molecular weight excluding hydrogens is 220 g/mol. The summed E-state index contributed by atoms with van der Waals surface area (Å²) in [7, 11) is 0. The Balaban J connectivity index is 4.23. The number of amides is 1. The molecule has 0 fully saturated rings. The van der Waals surface area contributed by atoms with Crippen LogP contribution in [0.15, 0.2) is 0 Å². The van der Waals surface area contributed by atoms with Gasteiger partial charge in [0.2, 0.25) is 5.91 Å². The van der Waals surface area contributed by atoms with Crippen LogP contribution in [0.4, 0.5) is 0 Å². The Labute approximate surface area is 104 Å². The Morgan fingerprint density at radius 2 is 1.65 bits per heavy atom. The summed E-state index contributed by atoms with van der Waals surface area (Å²) in [5.41, 5.74) is -1.00. The fourth-order valence-corrected chi connectivity index (χ4v) is 1.29. The Kier molecular flexibility index (Phi) is 6.67. The van der Waals surface area contributed by atoms with Crippen LogP contribution in [0.25, 0.3) is 0 Å². The highest BCUT2D eigenvalue weighted by atomic mass is 16.3. The van der Waals surface area contributed by atoms with Crippen LogP contribution in [-0.4, -0.2) is 47.0 Å². The van der Waals surface area contributed by atoms with Gasteiger partial charge in [-0.3, -0.25) is 10.1 Å². The highest BCUT2D eigenvalue weighted by Crippen LogP contribution is 2.09. The first kappa shape index (κ1) is 16.4. The molecule has 5 nitrogen and oxygen atoms in total. The van der Waals surface area contributed by atoms with Crippen molar-refractivity contribution in [3.8, 4) is 0 Å². The highest BCUT2D eigenvalue weighted by molar-refractivity contribution is 5.78. The maximum atomic E-state index is 11.7. The van der Waals surface area contributed by atoms with E-state index in [4.69, 9.17) is 0 Å². The molecule has 0 aliphatic rings. The molecule has 102 valence electrons. The van der Waals surface area contributed by atoms with E-state index < -0.39 is 5.54 Å². The zero-order valence-electron chi connectivity index (χ0n) is 11.3. The van der Waals surface area contributed by atoms with Gasteiger partial charge in [-0.2, -0.15) is 0 Å². The Bertz CT molecular complexity index is 230. The van der Waals surface area contributed by atoms with Crippen LogP contribution < -0.4 is 10.6 Å². The summed E-state index contributed by atoms with van der Waals surface area (Å²) in [5, 5.41) is 24.2. The predicted octanol–water partition coefficient (Wildman–Crippen LogP) is 0.0142. The van der Waals surface area contributed by atoms with Crippen molar-refractivity contribution in [3.05, 3.63) is 0 Å². The minimum absolute atomic E-state index is 0.0956. The average Bonchev–Trinajstić information content (AvgIpc) is 2.31. The molecule has 0 rings (SSSR count). The van der Waals surface area contributed by atoms with Crippen LogP contribution in [-0.2, 0) is 4.79 Å². The summed E-state index contributed by atoms with van der Waals surface area (Å²) >= 11 is 0. The lowest BCUT2D eigenvalue weighted by Crippen LogP contribution is -2.56. The molecule has 0 aliphatic heterocycles. The molecule has 0 heterocycles. The third-order valence-corrected chi connectivity index (χ3v) is 3.27. The summed E-state index contributed by atoms with van der Waals surface area (Å²) in [4.78, 5) is 11.7. The zero-order valence-corrected chi connectivity index (χ0v) is 11.3. The first-order valence-corrected chi connectivity index (χ1v) is 6.12. The van der Waals surface area contributed by atoms with Crippen molar-refractivity contribution < 1.29 is 15.0 Å². The SMILES string of the molecule is CCC(C)(C)NC(=O)CNC(CC)(CO)CO. The van der Waals surface area contributed by atoms with E-state index in [1.54, 1.807) is 0 Å². The van der Waals surface area contributed by atoms with Crippen LogP contribution in [0.5, 0.6) is 0 Å². The van der Waals surface area contributed by atoms with Crippen molar-refractivity contribution >= 4 is 5.91 Å². The molecule has 0 radical (unpaired) electrons. The molecule has 0 bridgehead atoms. The van der Waals surface area contributed by atoms with E-state index in [-0.39, 0.29) is 31.2 Å². The van der Waals surface area contributed by atoms with Gasteiger partial charge in [-0.15, -0.1) is 0 Å². The van der Waals surface area contributed by atoms with Crippen LogP contribution in [0, 0.1) is 0 Å². The molecule has 0 spiro atoms. The van der Waals surface area contributed by atoms with Gasteiger partial charge in [0.1, 0.15) is 0 Å². The van der Waals surface area contributed by atoms with Gasteiger partial charge in [-0.25, -0.2) is 0 Å². The maximum Gasteiger partial charge on any atom is 0.234 e.